The third kappa shape index (κ3) is 4.27. The SMILES string of the molecule is O=C(c1ccc2c(-c3cccc(Cl)c3)nn(C3CC3)c2c1)N1CCC(c2nc3ccccc3n2C(F)F)CC1. The molecule has 6 nitrogen and oxygen atoms in total. The molecular weight excluding hydrogens is 520 g/mol. The van der Waals surface area contributed by atoms with Crippen molar-refractivity contribution in [3.8, 4) is 11.3 Å². The Morgan fingerprint density at radius 2 is 1.72 bits per heavy atom. The van der Waals surface area contributed by atoms with E-state index >= 15 is 0 Å². The van der Waals surface area contributed by atoms with Crippen LogP contribution in [0.5, 0.6) is 0 Å². The van der Waals surface area contributed by atoms with Crippen LogP contribution in [0.4, 0.5) is 8.78 Å². The average molecular weight is 546 g/mol. The number of para-hydroxylation sites is 2. The minimum absolute atomic E-state index is 0.0504. The summed E-state index contributed by atoms with van der Waals surface area (Å²) in [6.45, 7) is -1.68. The molecule has 0 bridgehead atoms. The van der Waals surface area contributed by atoms with E-state index in [0.717, 1.165) is 39.6 Å². The van der Waals surface area contributed by atoms with Crippen molar-refractivity contribution in [3.05, 3.63) is 83.1 Å². The molecule has 9 heteroatoms. The summed E-state index contributed by atoms with van der Waals surface area (Å²) in [5.74, 6) is 0.224. The number of rotatable bonds is 5. The van der Waals surface area contributed by atoms with Crippen LogP contribution in [0.15, 0.2) is 66.7 Å². The minimum atomic E-state index is -2.66. The zero-order valence-corrected chi connectivity index (χ0v) is 21.9. The molecule has 1 aliphatic heterocycles. The number of fused-ring (bicyclic) bond motifs is 2. The van der Waals surface area contributed by atoms with Gasteiger partial charge in [0, 0.05) is 40.5 Å². The van der Waals surface area contributed by atoms with Crippen LogP contribution in [-0.2, 0) is 0 Å². The number of aromatic nitrogens is 4. The standard InChI is InChI=1S/C30H26ClF2N5O/c31-21-5-3-4-19(16-21)27-23-11-8-20(17-26(23)38(35-27)22-9-10-22)29(39)36-14-12-18(13-15-36)28-34-24-6-1-2-7-25(24)37(28)30(32)33/h1-8,11,16-18,22,30H,9-10,12-15H2. The van der Waals surface area contributed by atoms with E-state index in [2.05, 4.69) is 4.98 Å². The normalized spacial score (nSPS) is 16.6. The van der Waals surface area contributed by atoms with Crippen molar-refractivity contribution in [2.75, 3.05) is 13.1 Å². The van der Waals surface area contributed by atoms with Crippen LogP contribution >= 0.6 is 11.6 Å². The summed E-state index contributed by atoms with van der Waals surface area (Å²) in [7, 11) is 0. The van der Waals surface area contributed by atoms with Crippen LogP contribution in [0.25, 0.3) is 33.2 Å². The number of imidazole rings is 1. The van der Waals surface area contributed by atoms with Crippen LogP contribution in [0.3, 0.4) is 0 Å². The maximum atomic E-state index is 14.0. The van der Waals surface area contributed by atoms with Gasteiger partial charge in [0.05, 0.1) is 22.6 Å². The first-order chi connectivity index (χ1) is 19.0. The molecule has 1 aliphatic carbocycles. The third-order valence-electron chi connectivity index (χ3n) is 7.91. The monoisotopic (exact) mass is 545 g/mol. The van der Waals surface area contributed by atoms with Gasteiger partial charge < -0.3 is 4.90 Å². The highest BCUT2D eigenvalue weighted by atomic mass is 35.5. The lowest BCUT2D eigenvalue weighted by Gasteiger charge is -2.32. The molecule has 7 rings (SSSR count). The topological polar surface area (TPSA) is 56.0 Å². The second-order valence-electron chi connectivity index (χ2n) is 10.4. The smallest absolute Gasteiger partial charge is 0.320 e. The second-order valence-corrected chi connectivity index (χ2v) is 10.9. The van der Waals surface area contributed by atoms with Gasteiger partial charge in [-0.3, -0.25) is 14.0 Å². The molecule has 0 spiro atoms. The fraction of sp³-hybridized carbons (Fsp3) is 0.300. The van der Waals surface area contributed by atoms with E-state index < -0.39 is 6.55 Å². The summed E-state index contributed by atoms with van der Waals surface area (Å²) in [6.07, 6.45) is 3.31. The number of carbonyl (C=O) groups is 1. The molecule has 3 aromatic carbocycles. The molecule has 3 heterocycles. The van der Waals surface area contributed by atoms with Gasteiger partial charge in [0.15, 0.2) is 0 Å². The zero-order chi connectivity index (χ0) is 26.7. The predicted octanol–water partition coefficient (Wildman–Crippen LogP) is 7.46. The number of nitrogens with zero attached hydrogens (tertiary/aromatic N) is 5. The van der Waals surface area contributed by atoms with E-state index in [1.54, 1.807) is 24.3 Å². The van der Waals surface area contributed by atoms with E-state index in [0.29, 0.717) is 59.4 Å². The zero-order valence-electron chi connectivity index (χ0n) is 21.1. The lowest BCUT2D eigenvalue weighted by atomic mass is 9.95. The Morgan fingerprint density at radius 1 is 0.923 bits per heavy atom. The molecule has 198 valence electrons. The molecule has 2 aliphatic rings. The molecule has 0 atom stereocenters. The van der Waals surface area contributed by atoms with Crippen molar-refractivity contribution in [3.63, 3.8) is 0 Å². The molecule has 39 heavy (non-hydrogen) atoms. The van der Waals surface area contributed by atoms with Gasteiger partial charge in [-0.05, 0) is 68.1 Å². The van der Waals surface area contributed by atoms with Crippen LogP contribution in [0.2, 0.25) is 5.02 Å². The maximum absolute atomic E-state index is 14.0. The van der Waals surface area contributed by atoms with Gasteiger partial charge in [-0.25, -0.2) is 4.98 Å². The van der Waals surface area contributed by atoms with E-state index in [1.165, 1.54) is 0 Å². The van der Waals surface area contributed by atoms with Crippen LogP contribution in [-0.4, -0.2) is 43.2 Å². The Kier molecular flexibility index (Phi) is 5.88. The largest absolute Gasteiger partial charge is 0.339 e. The van der Waals surface area contributed by atoms with Crippen LogP contribution in [0.1, 0.15) is 60.4 Å². The number of likely N-dealkylation sites (tertiary alicyclic amines) is 1. The number of hydrogen-bond acceptors (Lipinski definition) is 3. The first-order valence-corrected chi connectivity index (χ1v) is 13.7. The molecule has 5 aromatic rings. The number of carbonyl (C=O) groups excluding carboxylic acids is 1. The number of benzene rings is 3. The number of hydrogen-bond donors (Lipinski definition) is 0. The molecule has 0 unspecified atom stereocenters. The van der Waals surface area contributed by atoms with Gasteiger partial charge in [-0.2, -0.15) is 13.9 Å². The quantitative estimate of drug-likeness (QED) is 0.230. The van der Waals surface area contributed by atoms with Crippen LogP contribution < -0.4 is 0 Å². The van der Waals surface area contributed by atoms with Crippen LogP contribution in [0, 0.1) is 0 Å². The Balaban J connectivity index is 1.15. The summed E-state index contributed by atoms with van der Waals surface area (Å²) in [5.41, 5.74) is 4.38. The highest BCUT2D eigenvalue weighted by Gasteiger charge is 2.31. The molecule has 1 saturated heterocycles. The number of piperidine rings is 1. The molecule has 2 fully saturated rings. The molecule has 1 saturated carbocycles. The molecule has 1 amide bonds. The van der Waals surface area contributed by atoms with Gasteiger partial charge in [-0.15, -0.1) is 0 Å². The van der Waals surface area contributed by atoms with E-state index in [1.807, 2.05) is 52.0 Å². The summed E-state index contributed by atoms with van der Waals surface area (Å²) < 4.78 is 31.0. The van der Waals surface area contributed by atoms with Crippen molar-refractivity contribution in [2.24, 2.45) is 0 Å². The molecule has 0 radical (unpaired) electrons. The molecule has 0 N–H and O–H groups in total. The van der Waals surface area contributed by atoms with Gasteiger partial charge >= 0.3 is 6.55 Å². The second kappa shape index (κ2) is 9.45. The van der Waals surface area contributed by atoms with E-state index in [9.17, 15) is 13.6 Å². The lowest BCUT2D eigenvalue weighted by Crippen LogP contribution is -2.38. The average Bonchev–Trinajstić information content (AvgIpc) is 3.61. The third-order valence-corrected chi connectivity index (χ3v) is 8.15. The molecule has 2 aromatic heterocycles. The predicted molar refractivity (Wildman–Crippen MR) is 147 cm³/mol. The number of alkyl halides is 2. The maximum Gasteiger partial charge on any atom is 0.320 e. The Bertz CT molecular complexity index is 1720. The van der Waals surface area contributed by atoms with Gasteiger partial charge in [0.1, 0.15) is 11.5 Å². The Labute approximate surface area is 228 Å². The number of amides is 1. The first kappa shape index (κ1) is 24.3. The van der Waals surface area contributed by atoms with Gasteiger partial charge in [0.25, 0.3) is 5.91 Å². The van der Waals surface area contributed by atoms with Crippen molar-refractivity contribution >= 4 is 39.4 Å². The van der Waals surface area contributed by atoms with Gasteiger partial charge in [-0.1, -0.05) is 35.9 Å². The van der Waals surface area contributed by atoms with Crippen molar-refractivity contribution in [1.82, 2.24) is 24.2 Å². The fourth-order valence-corrected chi connectivity index (χ4v) is 5.99. The van der Waals surface area contributed by atoms with Gasteiger partial charge in [0.2, 0.25) is 0 Å². The summed E-state index contributed by atoms with van der Waals surface area (Å²) >= 11 is 6.25. The first-order valence-electron chi connectivity index (χ1n) is 13.3. The highest BCUT2D eigenvalue weighted by molar-refractivity contribution is 6.30. The summed E-state index contributed by atoms with van der Waals surface area (Å²) in [5, 5.41) is 6.57. The Morgan fingerprint density at radius 3 is 2.46 bits per heavy atom. The fourth-order valence-electron chi connectivity index (χ4n) is 5.80. The minimum Gasteiger partial charge on any atom is -0.339 e. The van der Waals surface area contributed by atoms with Crippen molar-refractivity contribution in [1.29, 1.82) is 0 Å². The van der Waals surface area contributed by atoms with Crippen molar-refractivity contribution < 1.29 is 13.6 Å². The summed E-state index contributed by atoms with van der Waals surface area (Å²) in [4.78, 5) is 19.9. The molecular formula is C30H26ClF2N5O. The Hall–Kier alpha value is -3.78. The van der Waals surface area contributed by atoms with E-state index in [4.69, 9.17) is 16.7 Å². The number of halogens is 3. The van der Waals surface area contributed by atoms with Crippen molar-refractivity contribution in [2.45, 2.75) is 44.2 Å². The van der Waals surface area contributed by atoms with E-state index in [-0.39, 0.29) is 11.8 Å². The highest BCUT2D eigenvalue weighted by Crippen LogP contribution is 2.40. The lowest BCUT2D eigenvalue weighted by molar-refractivity contribution is 0.0634. The summed E-state index contributed by atoms with van der Waals surface area (Å²) in [6, 6.07) is 20.8.